The SMILES string of the molecule is C[Si]1(C)C2=C[CH](C=C2)[Sn]2([CH]3C=CC1=C3)[CH]1C=CC(=C1)[Si](C)(C)C1=C[CH]2C=C1. The summed E-state index contributed by atoms with van der Waals surface area (Å²) in [6.07, 6.45) is 31.8. The Balaban J connectivity index is 1.64. The summed E-state index contributed by atoms with van der Waals surface area (Å²) in [5.41, 5.74) is 0. The molecule has 1 spiro atoms. The molecule has 0 aromatic heterocycles. The van der Waals surface area contributed by atoms with Crippen molar-refractivity contribution in [3.63, 3.8) is 0 Å². The Kier molecular flexibility index (Phi) is 3.28. The van der Waals surface area contributed by atoms with E-state index in [0.29, 0.717) is 0 Å². The fourth-order valence-electron chi connectivity index (χ4n) is 6.62. The first-order valence-corrected chi connectivity index (χ1v) is 23.1. The second kappa shape index (κ2) is 5.19. The van der Waals surface area contributed by atoms with Gasteiger partial charge in [-0.1, -0.05) is 0 Å². The van der Waals surface area contributed by atoms with E-state index >= 15 is 0 Å². The van der Waals surface area contributed by atoms with Gasteiger partial charge in [0.2, 0.25) is 0 Å². The van der Waals surface area contributed by atoms with E-state index in [1.807, 2.05) is 0 Å². The first-order chi connectivity index (χ1) is 12.8. The summed E-state index contributed by atoms with van der Waals surface area (Å²) in [5, 5.41) is 6.76. The Morgan fingerprint density at radius 2 is 0.778 bits per heavy atom. The Bertz CT molecular complexity index is 847. The molecule has 6 rings (SSSR count). The second-order valence-corrected chi connectivity index (χ2v) is 32.4. The van der Waals surface area contributed by atoms with Crippen LogP contribution < -0.4 is 0 Å². The molecule has 0 aromatic rings. The van der Waals surface area contributed by atoms with Crippen molar-refractivity contribution in [2.45, 2.75) is 41.9 Å². The minimum atomic E-state index is -2.84. The third-order valence-corrected chi connectivity index (χ3v) is 33.0. The van der Waals surface area contributed by atoms with Crippen molar-refractivity contribution >= 4 is 34.5 Å². The minimum absolute atomic E-state index is 0.727. The van der Waals surface area contributed by atoms with Crippen molar-refractivity contribution in [2.24, 2.45) is 0 Å². The van der Waals surface area contributed by atoms with Crippen LogP contribution in [0.25, 0.3) is 0 Å². The van der Waals surface area contributed by atoms with Crippen LogP contribution in [0, 0.1) is 0 Å². The quantitative estimate of drug-likeness (QED) is 0.340. The molecule has 0 aromatic carbocycles. The molecule has 0 N–H and O–H groups in total. The Hall–Kier alpha value is -0.848. The van der Waals surface area contributed by atoms with E-state index in [4.69, 9.17) is 0 Å². The molecule has 0 amide bonds. The summed E-state index contributed by atoms with van der Waals surface area (Å²) >= 11 is -2.84. The predicted octanol–water partition coefficient (Wildman–Crippen LogP) is 6.50. The van der Waals surface area contributed by atoms with E-state index in [1.165, 1.54) is 0 Å². The van der Waals surface area contributed by atoms with Gasteiger partial charge in [0.05, 0.1) is 0 Å². The average Bonchev–Trinajstić information content (AvgIpc) is 3.40. The van der Waals surface area contributed by atoms with Crippen molar-refractivity contribution in [2.75, 3.05) is 0 Å². The molecule has 4 aliphatic carbocycles. The number of rotatable bonds is 0. The fourth-order valence-corrected chi connectivity index (χ4v) is 31.5. The van der Waals surface area contributed by atoms with Gasteiger partial charge in [0.15, 0.2) is 0 Å². The Labute approximate surface area is 169 Å². The zero-order chi connectivity index (χ0) is 18.6. The molecule has 8 bridgehead atoms. The summed E-state index contributed by atoms with van der Waals surface area (Å²) in [6, 6.07) is 0. The molecule has 0 radical (unpaired) electrons. The number of hydrogen-bond acceptors (Lipinski definition) is 0. The van der Waals surface area contributed by atoms with Gasteiger partial charge < -0.3 is 0 Å². The molecular weight excluding hydrogens is 463 g/mol. The Morgan fingerprint density at radius 3 is 1.04 bits per heavy atom. The van der Waals surface area contributed by atoms with Crippen LogP contribution in [-0.4, -0.2) is 34.5 Å². The molecule has 6 aliphatic rings. The van der Waals surface area contributed by atoms with E-state index in [9.17, 15) is 0 Å². The van der Waals surface area contributed by atoms with E-state index in [2.05, 4.69) is 99.1 Å². The van der Waals surface area contributed by atoms with Crippen LogP contribution in [-0.2, 0) is 0 Å². The summed E-state index contributed by atoms with van der Waals surface area (Å²) in [4.78, 5) is 0. The first kappa shape index (κ1) is 17.0. The van der Waals surface area contributed by atoms with Crippen LogP contribution >= 0.6 is 0 Å². The van der Waals surface area contributed by atoms with Gasteiger partial charge in [-0.15, -0.1) is 0 Å². The van der Waals surface area contributed by atoms with Crippen LogP contribution in [0.4, 0.5) is 0 Å². The van der Waals surface area contributed by atoms with Gasteiger partial charge >= 0.3 is 170 Å². The van der Waals surface area contributed by atoms with Crippen LogP contribution in [0.1, 0.15) is 0 Å². The predicted molar refractivity (Wildman–Crippen MR) is 125 cm³/mol. The van der Waals surface area contributed by atoms with Crippen LogP contribution in [0.15, 0.2) is 93.7 Å². The first-order valence-electron chi connectivity index (χ1n) is 10.5. The summed E-state index contributed by atoms with van der Waals surface area (Å²) in [6.45, 7) is 10.2. The number of allylic oxidation sites excluding steroid dienone is 16. The van der Waals surface area contributed by atoms with Crippen LogP contribution in [0.2, 0.25) is 41.9 Å². The molecule has 2 aliphatic heterocycles. The Morgan fingerprint density at radius 1 is 0.519 bits per heavy atom. The zero-order valence-electron chi connectivity index (χ0n) is 16.7. The molecule has 3 heteroatoms. The second-order valence-electron chi connectivity index (χ2n) is 10.3. The van der Waals surface area contributed by atoms with Gasteiger partial charge in [0.25, 0.3) is 0 Å². The van der Waals surface area contributed by atoms with Gasteiger partial charge in [-0.2, -0.15) is 0 Å². The van der Waals surface area contributed by atoms with Crippen molar-refractivity contribution in [1.29, 1.82) is 0 Å². The molecule has 2 heterocycles. The normalized spacial score (nSPS) is 43.1. The van der Waals surface area contributed by atoms with Crippen LogP contribution in [0.3, 0.4) is 0 Å². The van der Waals surface area contributed by atoms with Crippen molar-refractivity contribution in [3.05, 3.63) is 93.7 Å². The molecular formula is C24H28Si2Sn. The van der Waals surface area contributed by atoms with Crippen LogP contribution in [0.5, 0.6) is 0 Å². The average molecular weight is 491 g/mol. The number of fused-ring (bicyclic) bond motifs is 8. The van der Waals surface area contributed by atoms with E-state index in [-0.39, 0.29) is 0 Å². The van der Waals surface area contributed by atoms with Gasteiger partial charge in [0, 0.05) is 0 Å². The topological polar surface area (TPSA) is 0 Å². The van der Waals surface area contributed by atoms with Crippen molar-refractivity contribution < 1.29 is 0 Å². The summed E-state index contributed by atoms with van der Waals surface area (Å²) in [7, 11) is -2.99. The molecule has 0 fully saturated rings. The van der Waals surface area contributed by atoms with Crippen molar-refractivity contribution in [3.8, 4) is 0 Å². The molecule has 0 nitrogen and oxygen atoms in total. The van der Waals surface area contributed by atoms with Gasteiger partial charge in [-0.25, -0.2) is 0 Å². The van der Waals surface area contributed by atoms with Gasteiger partial charge in [-0.05, 0) is 0 Å². The number of hydrogen-bond donors (Lipinski definition) is 0. The van der Waals surface area contributed by atoms with E-state index in [1.54, 1.807) is 20.8 Å². The molecule has 136 valence electrons. The molecule has 27 heavy (non-hydrogen) atoms. The molecule has 0 saturated heterocycles. The fraction of sp³-hybridized carbons (Fsp3) is 0.333. The van der Waals surface area contributed by atoms with Gasteiger partial charge in [-0.3, -0.25) is 0 Å². The zero-order valence-corrected chi connectivity index (χ0v) is 21.6. The standard InChI is InChI=1S/2C12H14Si.Sn/c2*1-13(2,11-7-3-4-8-11)12-9-5-6-10-12;/h2*3-10H,1-2H3;. The molecule has 0 saturated carbocycles. The third kappa shape index (κ3) is 1.95. The van der Waals surface area contributed by atoms with E-state index < -0.39 is 34.5 Å². The van der Waals surface area contributed by atoms with Gasteiger partial charge in [0.1, 0.15) is 0 Å². The van der Waals surface area contributed by atoms with Crippen molar-refractivity contribution in [1.82, 2.24) is 0 Å². The monoisotopic (exact) mass is 492 g/mol. The molecule has 4 unspecified atom stereocenters. The maximum absolute atomic E-state index is 2.84. The summed E-state index contributed by atoms with van der Waals surface area (Å²) in [5.74, 6) is 0. The third-order valence-electron chi connectivity index (χ3n) is 8.57. The van der Waals surface area contributed by atoms with E-state index in [0.717, 1.165) is 15.7 Å². The maximum atomic E-state index is 2.76. The molecule has 4 atom stereocenters. The summed E-state index contributed by atoms with van der Waals surface area (Å²) < 4.78 is 2.91.